The van der Waals surface area contributed by atoms with Gasteiger partial charge in [0, 0.05) is 103 Å². The molecule has 0 bridgehead atoms. The van der Waals surface area contributed by atoms with E-state index in [4.69, 9.17) is 21.9 Å². The Morgan fingerprint density at radius 1 is 0.642 bits per heavy atom. The Labute approximate surface area is 544 Å². The molecule has 6 aromatic rings. The summed E-state index contributed by atoms with van der Waals surface area (Å²) in [7, 11) is 0. The number of benzene rings is 2. The van der Waals surface area contributed by atoms with Gasteiger partial charge < -0.3 is 99.7 Å². The first-order valence-electron chi connectivity index (χ1n) is 31.1. The highest BCUT2D eigenvalue weighted by Crippen LogP contribution is 2.24. The highest BCUT2D eigenvalue weighted by Gasteiger charge is 2.40. The Morgan fingerprint density at radius 3 is 1.63 bits per heavy atom. The average molecular weight is 1320 g/mol. The second-order valence-corrected chi connectivity index (χ2v) is 24.2. The van der Waals surface area contributed by atoms with E-state index in [0.717, 1.165) is 0 Å². The number of nitrogens with zero attached hydrogens (tertiary/aromatic N) is 4. The molecule has 2 aliphatic heterocycles. The van der Waals surface area contributed by atoms with Crippen molar-refractivity contribution in [2.75, 3.05) is 32.8 Å². The molecule has 508 valence electrons. The van der Waals surface area contributed by atoms with E-state index in [1.54, 1.807) is 75.6 Å². The summed E-state index contributed by atoms with van der Waals surface area (Å²) in [6.07, 6.45) is 9.13. The molecule has 2 saturated heterocycles. The number of hydrogen-bond donors (Lipinski definition) is 17. The molecule has 0 spiro atoms. The molecule has 20 N–H and O–H groups in total. The van der Waals surface area contributed by atoms with Gasteiger partial charge in [0.15, 0.2) is 5.96 Å². The van der Waals surface area contributed by atoms with E-state index < -0.39 is 139 Å². The van der Waals surface area contributed by atoms with Crippen molar-refractivity contribution in [3.8, 4) is 0 Å². The van der Waals surface area contributed by atoms with Crippen LogP contribution in [0, 0.1) is 0 Å². The van der Waals surface area contributed by atoms with Crippen molar-refractivity contribution in [1.29, 1.82) is 0 Å². The van der Waals surface area contributed by atoms with E-state index >= 15 is 4.79 Å². The number of nitrogens with one attached hydrogen (secondary N) is 13. The largest absolute Gasteiger partial charge is 0.394 e. The summed E-state index contributed by atoms with van der Waals surface area (Å²) < 4.78 is 6.09. The Balaban J connectivity index is 1.04. The standard InChI is InChI=1S/C62H82N20O13/c1-62(2,3)95-30-48(58(92)77-43(20-33-24-69-39-12-6-4-10-37(33)39)53(87)75-42(14-8-18-68-61(64)65)60(94)82-19-9-15-49(82)59(93)71-28-50(63)84)81-56(90)46(23-36-27-67-32-73-36)79-57(91)47(29-83)80-54(88)44(21-34-25-70-40-13-7-5-11-38(34)40)76-55(89)45(22-35-26-66-31-72-35)78-52(86)41-16-17-51(85)74-41/h4-7,10-13,24-27,31-32,41-49,69-70,83H,8-9,14-23,28-30H2,1-3H3,(H2,63,84)(H,66,72)(H,67,73)(H,71,93)(H,74,85)(H,75,87)(H,76,89)(H,77,92)(H,78,86)(H,79,91)(H,80,88)(H,81,90)(H4,64,65,68)/t41-,42-,43-,44-,45-,46-,47-,48+,49-/m0/s1. The van der Waals surface area contributed by atoms with Gasteiger partial charge in [-0.2, -0.15) is 0 Å². The van der Waals surface area contributed by atoms with Crippen LogP contribution < -0.4 is 65.1 Å². The highest BCUT2D eigenvalue weighted by atomic mass is 16.5. The van der Waals surface area contributed by atoms with Crippen molar-refractivity contribution in [1.82, 2.24) is 82.7 Å². The number of rotatable bonds is 33. The van der Waals surface area contributed by atoms with Crippen LogP contribution in [0.1, 0.15) is 81.8 Å². The van der Waals surface area contributed by atoms with Crippen LogP contribution in [-0.2, 0) is 83.2 Å². The Morgan fingerprint density at radius 2 is 1.14 bits per heavy atom. The molecule has 8 rings (SSSR count). The quantitative estimate of drug-likeness (QED) is 0.0108. The number of primary amides is 1. The Kier molecular flexibility index (Phi) is 24.2. The summed E-state index contributed by atoms with van der Waals surface area (Å²) >= 11 is 0. The molecule has 0 unspecified atom stereocenters. The van der Waals surface area contributed by atoms with Crippen molar-refractivity contribution < 1.29 is 62.6 Å². The van der Waals surface area contributed by atoms with Gasteiger partial charge in [-0.1, -0.05) is 36.4 Å². The summed E-state index contributed by atoms with van der Waals surface area (Å²) in [5.41, 5.74) is 18.9. The number of aromatic nitrogens is 6. The number of amides is 11. The number of hydrogen-bond acceptors (Lipinski definition) is 16. The molecule has 11 amide bonds. The molecule has 33 heteroatoms. The topological polar surface area (TPSA) is 508 Å². The number of guanidine groups is 1. The van der Waals surface area contributed by atoms with Crippen molar-refractivity contribution >= 4 is 92.7 Å². The van der Waals surface area contributed by atoms with Crippen LogP contribution in [0.25, 0.3) is 21.8 Å². The van der Waals surface area contributed by atoms with Gasteiger partial charge in [-0.25, -0.2) is 9.97 Å². The number of para-hydroxylation sites is 2. The van der Waals surface area contributed by atoms with Crippen LogP contribution in [0.5, 0.6) is 0 Å². The van der Waals surface area contributed by atoms with E-state index in [9.17, 15) is 53.1 Å². The van der Waals surface area contributed by atoms with Gasteiger partial charge in [-0.3, -0.25) is 57.7 Å². The van der Waals surface area contributed by atoms with Crippen LogP contribution in [-0.4, -0.2) is 204 Å². The van der Waals surface area contributed by atoms with Crippen molar-refractivity contribution in [3.63, 3.8) is 0 Å². The average Bonchev–Trinajstić information content (AvgIpc) is 1.77. The fourth-order valence-electron chi connectivity index (χ4n) is 11.1. The minimum absolute atomic E-state index is 0.0373. The number of nitrogens with two attached hydrogens (primary N) is 3. The monoisotopic (exact) mass is 1310 g/mol. The van der Waals surface area contributed by atoms with E-state index in [2.05, 4.69) is 82.7 Å². The normalized spacial score (nSPS) is 16.8. The maximum atomic E-state index is 15.0. The first-order chi connectivity index (χ1) is 45.4. The molecule has 95 heavy (non-hydrogen) atoms. The molecule has 0 saturated carbocycles. The fourth-order valence-corrected chi connectivity index (χ4v) is 11.1. The predicted molar refractivity (Wildman–Crippen MR) is 343 cm³/mol. The molecule has 33 nitrogen and oxygen atoms in total. The van der Waals surface area contributed by atoms with Crippen LogP contribution in [0.2, 0.25) is 0 Å². The number of carbonyl (C=O) groups excluding carboxylic acids is 11. The third-order valence-electron chi connectivity index (χ3n) is 16.0. The minimum Gasteiger partial charge on any atom is -0.394 e. The number of fused-ring (bicyclic) bond motifs is 2. The zero-order chi connectivity index (χ0) is 68.3. The molecule has 9 atom stereocenters. The second kappa shape index (κ2) is 32.7. The fraction of sp³-hybridized carbons (Fsp3) is 0.452. The summed E-state index contributed by atoms with van der Waals surface area (Å²) in [6.45, 7) is 3.28. The molecule has 2 aromatic carbocycles. The molecule has 0 aliphatic carbocycles. The van der Waals surface area contributed by atoms with E-state index in [0.29, 0.717) is 50.7 Å². The first kappa shape index (κ1) is 70.2. The smallest absolute Gasteiger partial charge is 0.245 e. The zero-order valence-electron chi connectivity index (χ0n) is 52.8. The number of aliphatic imine (C=N–C) groups is 1. The summed E-state index contributed by atoms with van der Waals surface area (Å²) in [4.78, 5) is 179. The number of aromatic amines is 4. The first-order valence-corrected chi connectivity index (χ1v) is 31.1. The van der Waals surface area contributed by atoms with Crippen LogP contribution >= 0.6 is 0 Å². The lowest BCUT2D eigenvalue weighted by atomic mass is 10.0. The summed E-state index contributed by atoms with van der Waals surface area (Å²) in [5.74, 6) is -8.90. The van der Waals surface area contributed by atoms with Gasteiger partial charge in [0.25, 0.3) is 0 Å². The molecular weight excluding hydrogens is 1230 g/mol. The molecule has 2 fully saturated rings. The number of H-pyrrole nitrogens is 4. The SMILES string of the molecule is CC(C)(C)OC[C@@H](NC(=O)[C@H](Cc1cnc[nH]1)NC(=O)[C@H](CO)NC(=O)[C@H](Cc1c[nH]c2ccccc12)NC(=O)[C@H](Cc1cnc[nH]1)NC(=O)[C@@H]1CCC(=O)N1)C(=O)N[C@@H](Cc1c[nH]c2ccccc12)C(=O)N[C@@H](CCCN=C(N)N)C(=O)N1CCC[C@H]1C(=O)NCC(N)=O. The summed E-state index contributed by atoms with van der Waals surface area (Å²) in [6, 6.07) is 1.82. The lowest BCUT2D eigenvalue weighted by molar-refractivity contribution is -0.142. The van der Waals surface area contributed by atoms with Crippen LogP contribution in [0.4, 0.5) is 0 Å². The van der Waals surface area contributed by atoms with Gasteiger partial charge >= 0.3 is 0 Å². The zero-order valence-corrected chi connectivity index (χ0v) is 52.8. The molecule has 6 heterocycles. The van der Waals surface area contributed by atoms with Gasteiger partial charge in [-0.05, 0) is 76.1 Å². The maximum absolute atomic E-state index is 15.0. The second-order valence-electron chi connectivity index (χ2n) is 24.2. The predicted octanol–water partition coefficient (Wildman–Crippen LogP) is -3.51. The molecule has 0 radical (unpaired) electrons. The molecule has 4 aromatic heterocycles. The number of imidazole rings is 2. The lowest BCUT2D eigenvalue weighted by Crippen LogP contribution is -2.62. The van der Waals surface area contributed by atoms with E-state index in [1.165, 1.54) is 29.9 Å². The van der Waals surface area contributed by atoms with Crippen LogP contribution in [0.3, 0.4) is 0 Å². The number of carbonyl (C=O) groups is 11. The van der Waals surface area contributed by atoms with Gasteiger partial charge in [0.2, 0.25) is 65.0 Å². The van der Waals surface area contributed by atoms with Crippen molar-refractivity contribution in [3.05, 3.63) is 108 Å². The lowest BCUT2D eigenvalue weighted by Gasteiger charge is -2.30. The van der Waals surface area contributed by atoms with Crippen LogP contribution in [0.15, 0.2) is 91.0 Å². The summed E-state index contributed by atoms with van der Waals surface area (Å²) in [5, 5.41) is 36.0. The van der Waals surface area contributed by atoms with Crippen molar-refractivity contribution in [2.24, 2.45) is 22.2 Å². The van der Waals surface area contributed by atoms with E-state index in [-0.39, 0.29) is 82.7 Å². The number of ether oxygens (including phenoxy) is 1. The highest BCUT2D eigenvalue weighted by molar-refractivity contribution is 6.00. The van der Waals surface area contributed by atoms with Crippen molar-refractivity contribution in [2.45, 2.75) is 145 Å². The minimum atomic E-state index is -1.79. The van der Waals surface area contributed by atoms with Gasteiger partial charge in [-0.15, -0.1) is 0 Å². The Bertz CT molecular complexity index is 3730. The third-order valence-corrected chi connectivity index (χ3v) is 16.0. The van der Waals surface area contributed by atoms with E-state index in [1.807, 2.05) is 6.07 Å². The van der Waals surface area contributed by atoms with Gasteiger partial charge in [0.05, 0.1) is 38.0 Å². The molecular formula is C62H82N20O13. The third kappa shape index (κ3) is 19.9. The Hall–Kier alpha value is -10.7. The van der Waals surface area contributed by atoms with Gasteiger partial charge in [0.1, 0.15) is 54.4 Å². The number of aliphatic hydroxyl groups is 1. The number of aliphatic hydroxyl groups excluding tert-OH is 1. The maximum Gasteiger partial charge on any atom is 0.245 e. The number of likely N-dealkylation sites (tertiary alicyclic amines) is 1. The molecule has 2 aliphatic rings.